The van der Waals surface area contributed by atoms with Gasteiger partial charge in [0.2, 0.25) is 0 Å². The molecular weight excluding hydrogens is 460 g/mol. The first kappa shape index (κ1) is 23.5. The van der Waals surface area contributed by atoms with Crippen molar-refractivity contribution in [3.05, 3.63) is 81.9 Å². The number of anilines is 2. The number of benzene rings is 3. The molecule has 2 heterocycles. The van der Waals surface area contributed by atoms with Gasteiger partial charge in [0.25, 0.3) is 5.69 Å². The number of methoxy groups -OCH3 is 2. The molecule has 0 bridgehead atoms. The Bertz CT molecular complexity index is 1460. The Morgan fingerprint density at radius 3 is 2.72 bits per heavy atom. The maximum Gasteiger partial charge on any atom is 0.337 e. The molecule has 0 radical (unpaired) electrons. The molecule has 0 amide bonds. The smallest absolute Gasteiger partial charge is 0.337 e. The average Bonchev–Trinajstić information content (AvgIpc) is 3.49. The fourth-order valence-electron chi connectivity index (χ4n) is 4.89. The molecule has 1 aliphatic rings. The van der Waals surface area contributed by atoms with Gasteiger partial charge >= 0.3 is 5.97 Å². The van der Waals surface area contributed by atoms with Crippen LogP contribution in [0.3, 0.4) is 0 Å². The normalized spacial score (nSPS) is 12.7. The van der Waals surface area contributed by atoms with E-state index >= 15 is 0 Å². The minimum absolute atomic E-state index is 0.0231. The predicted molar refractivity (Wildman–Crippen MR) is 137 cm³/mol. The molecule has 0 fully saturated rings. The molecule has 0 saturated heterocycles. The summed E-state index contributed by atoms with van der Waals surface area (Å²) >= 11 is 0. The van der Waals surface area contributed by atoms with E-state index in [4.69, 9.17) is 14.5 Å². The van der Waals surface area contributed by atoms with E-state index < -0.39 is 5.97 Å². The molecule has 1 aliphatic heterocycles. The van der Waals surface area contributed by atoms with Crippen LogP contribution < -0.4 is 4.90 Å². The van der Waals surface area contributed by atoms with Crippen LogP contribution in [0.2, 0.25) is 0 Å². The summed E-state index contributed by atoms with van der Waals surface area (Å²) in [6.45, 7) is 1.78. The average molecular weight is 487 g/mol. The van der Waals surface area contributed by atoms with Crippen molar-refractivity contribution >= 4 is 34.1 Å². The van der Waals surface area contributed by atoms with Crippen molar-refractivity contribution in [2.24, 2.45) is 0 Å². The number of imidazole rings is 1. The Morgan fingerprint density at radius 1 is 1.11 bits per heavy atom. The van der Waals surface area contributed by atoms with Gasteiger partial charge in [-0.3, -0.25) is 10.1 Å². The first-order valence-electron chi connectivity index (χ1n) is 11.7. The lowest BCUT2D eigenvalue weighted by atomic mass is 10.1. The monoisotopic (exact) mass is 486 g/mol. The minimum Gasteiger partial charge on any atom is -0.465 e. The highest BCUT2D eigenvalue weighted by atomic mass is 16.6. The van der Waals surface area contributed by atoms with Crippen LogP contribution in [0, 0.1) is 10.1 Å². The van der Waals surface area contributed by atoms with E-state index in [1.165, 1.54) is 13.2 Å². The topological polar surface area (TPSA) is 99.7 Å². The molecule has 0 spiro atoms. The second kappa shape index (κ2) is 9.79. The van der Waals surface area contributed by atoms with Gasteiger partial charge in [0, 0.05) is 44.1 Å². The van der Waals surface area contributed by atoms with Crippen LogP contribution in [0.25, 0.3) is 22.4 Å². The third-order valence-corrected chi connectivity index (χ3v) is 6.51. The van der Waals surface area contributed by atoms with E-state index in [0.717, 1.165) is 29.6 Å². The molecule has 184 valence electrons. The number of hydrogen-bond donors (Lipinski definition) is 0. The first-order chi connectivity index (χ1) is 17.5. The van der Waals surface area contributed by atoms with E-state index in [9.17, 15) is 14.9 Å². The van der Waals surface area contributed by atoms with Crippen LogP contribution >= 0.6 is 0 Å². The summed E-state index contributed by atoms with van der Waals surface area (Å²) < 4.78 is 12.2. The number of para-hydroxylation sites is 2. The van der Waals surface area contributed by atoms with Crippen LogP contribution in [-0.4, -0.2) is 47.8 Å². The number of nitrogens with zero attached hydrogens (tertiary/aromatic N) is 4. The second-order valence-electron chi connectivity index (χ2n) is 8.59. The third kappa shape index (κ3) is 4.07. The highest BCUT2D eigenvalue weighted by Crippen LogP contribution is 2.45. The Kier molecular flexibility index (Phi) is 6.39. The summed E-state index contributed by atoms with van der Waals surface area (Å²) in [5.41, 5.74) is 5.15. The molecular formula is C27H26N4O5. The fourth-order valence-corrected chi connectivity index (χ4v) is 4.89. The van der Waals surface area contributed by atoms with E-state index in [1.807, 2.05) is 39.8 Å². The van der Waals surface area contributed by atoms with Gasteiger partial charge in [0.1, 0.15) is 11.5 Å². The van der Waals surface area contributed by atoms with Crippen LogP contribution in [-0.2, 0) is 22.4 Å². The van der Waals surface area contributed by atoms with E-state index in [0.29, 0.717) is 47.9 Å². The number of nitro groups is 1. The lowest BCUT2D eigenvalue weighted by Crippen LogP contribution is -2.17. The summed E-state index contributed by atoms with van der Waals surface area (Å²) in [6, 6.07) is 18.3. The maximum atomic E-state index is 12.2. The van der Waals surface area contributed by atoms with E-state index in [-0.39, 0.29) is 10.6 Å². The Labute approximate surface area is 208 Å². The predicted octanol–water partition coefficient (Wildman–Crippen LogP) is 5.13. The van der Waals surface area contributed by atoms with Crippen molar-refractivity contribution in [2.45, 2.75) is 19.4 Å². The third-order valence-electron chi connectivity index (χ3n) is 6.51. The lowest BCUT2D eigenvalue weighted by molar-refractivity contribution is -0.384. The zero-order chi connectivity index (χ0) is 25.2. The molecule has 5 rings (SSSR count). The van der Waals surface area contributed by atoms with Gasteiger partial charge in [-0.15, -0.1) is 0 Å². The number of rotatable bonds is 8. The molecule has 36 heavy (non-hydrogen) atoms. The summed E-state index contributed by atoms with van der Waals surface area (Å²) in [5, 5.41) is 12.2. The SMILES string of the molecule is COCCCn1c(-c2cccc([N+](=O)[O-])c2N2CCc3ccccc32)nc2cc(C(=O)OC)ccc21. The fraction of sp³-hybridized carbons (Fsp3) is 0.259. The Hall–Kier alpha value is -4.24. The molecule has 1 aromatic heterocycles. The number of hydrogen-bond acceptors (Lipinski definition) is 7. The molecule has 0 N–H and O–H groups in total. The molecule has 0 saturated carbocycles. The summed E-state index contributed by atoms with van der Waals surface area (Å²) in [7, 11) is 2.99. The molecule has 0 aliphatic carbocycles. The van der Waals surface area contributed by atoms with Gasteiger partial charge in [0.05, 0.1) is 28.6 Å². The van der Waals surface area contributed by atoms with Gasteiger partial charge in [0.15, 0.2) is 0 Å². The van der Waals surface area contributed by atoms with Crippen molar-refractivity contribution in [3.63, 3.8) is 0 Å². The summed E-state index contributed by atoms with van der Waals surface area (Å²) in [6.07, 6.45) is 1.53. The van der Waals surface area contributed by atoms with Gasteiger partial charge in [-0.05, 0) is 48.7 Å². The van der Waals surface area contributed by atoms with Gasteiger partial charge in [-0.2, -0.15) is 0 Å². The van der Waals surface area contributed by atoms with Crippen LogP contribution in [0.4, 0.5) is 17.1 Å². The number of carbonyl (C=O) groups is 1. The summed E-state index contributed by atoms with van der Waals surface area (Å²) in [4.78, 5) is 30.9. The number of aromatic nitrogens is 2. The molecule has 4 aromatic rings. The summed E-state index contributed by atoms with van der Waals surface area (Å²) in [5.74, 6) is 0.156. The second-order valence-corrected chi connectivity index (χ2v) is 8.59. The van der Waals surface area contributed by atoms with Crippen LogP contribution in [0.5, 0.6) is 0 Å². The number of nitro benzene ring substituents is 1. The quantitative estimate of drug-likeness (QED) is 0.147. The number of fused-ring (bicyclic) bond motifs is 2. The lowest BCUT2D eigenvalue weighted by Gasteiger charge is -2.23. The van der Waals surface area contributed by atoms with Crippen molar-refractivity contribution in [3.8, 4) is 11.4 Å². The highest BCUT2D eigenvalue weighted by Gasteiger charge is 2.31. The van der Waals surface area contributed by atoms with Crippen LogP contribution in [0.1, 0.15) is 22.3 Å². The molecule has 9 heteroatoms. The standard InChI is InChI=1S/C27H26N4O5/c1-35-16-6-14-30-23-12-11-19(27(32)36-2)17-21(23)28-26(30)20-8-5-10-24(31(33)34)25(20)29-15-13-18-7-3-4-9-22(18)29/h3-5,7-12,17H,6,13-16H2,1-2H3. The number of carbonyl (C=O) groups excluding carboxylic acids is 1. The van der Waals surface area contributed by atoms with Gasteiger partial charge < -0.3 is 18.9 Å². The molecule has 0 atom stereocenters. The van der Waals surface area contributed by atoms with Crippen molar-refractivity contribution in [1.82, 2.24) is 9.55 Å². The minimum atomic E-state index is -0.447. The number of aryl methyl sites for hydroxylation is 1. The van der Waals surface area contributed by atoms with Crippen molar-refractivity contribution < 1.29 is 19.2 Å². The molecule has 9 nitrogen and oxygen atoms in total. The number of esters is 1. The molecule has 0 unspecified atom stereocenters. The van der Waals surface area contributed by atoms with E-state index in [2.05, 4.69) is 6.07 Å². The first-order valence-corrected chi connectivity index (χ1v) is 11.7. The van der Waals surface area contributed by atoms with Gasteiger partial charge in [-0.1, -0.05) is 24.3 Å². The Morgan fingerprint density at radius 2 is 1.94 bits per heavy atom. The molecule has 3 aromatic carbocycles. The zero-order valence-corrected chi connectivity index (χ0v) is 20.1. The van der Waals surface area contributed by atoms with Gasteiger partial charge in [-0.25, -0.2) is 9.78 Å². The van der Waals surface area contributed by atoms with Crippen LogP contribution in [0.15, 0.2) is 60.7 Å². The zero-order valence-electron chi connectivity index (χ0n) is 20.1. The van der Waals surface area contributed by atoms with E-state index in [1.54, 1.807) is 25.3 Å². The number of ether oxygens (including phenoxy) is 2. The van der Waals surface area contributed by atoms with Crippen molar-refractivity contribution in [2.75, 3.05) is 32.3 Å². The largest absolute Gasteiger partial charge is 0.465 e. The van der Waals surface area contributed by atoms with Crippen molar-refractivity contribution in [1.29, 1.82) is 0 Å². The Balaban J connectivity index is 1.74. The highest BCUT2D eigenvalue weighted by molar-refractivity contribution is 5.96. The maximum absolute atomic E-state index is 12.2.